The van der Waals surface area contributed by atoms with Crippen LogP contribution in [0.15, 0.2) is 24.3 Å². The first-order valence-electron chi connectivity index (χ1n) is 6.69. The second kappa shape index (κ2) is 5.69. The summed E-state index contributed by atoms with van der Waals surface area (Å²) in [5, 5.41) is 20.6. The van der Waals surface area contributed by atoms with Crippen LogP contribution in [0.5, 0.6) is 5.75 Å². The van der Waals surface area contributed by atoms with Gasteiger partial charge in [0.1, 0.15) is 11.4 Å². The van der Waals surface area contributed by atoms with Gasteiger partial charge in [0.2, 0.25) is 0 Å². The van der Waals surface area contributed by atoms with E-state index in [4.69, 9.17) is 4.74 Å². The molecule has 7 heteroatoms. The van der Waals surface area contributed by atoms with Gasteiger partial charge in [-0.2, -0.15) is 0 Å². The number of nitro benzene ring substituents is 1. The number of ether oxygens (including phenoxy) is 1. The van der Waals surface area contributed by atoms with Gasteiger partial charge in [-0.25, -0.2) is 0 Å². The summed E-state index contributed by atoms with van der Waals surface area (Å²) in [6.45, 7) is 4.30. The van der Waals surface area contributed by atoms with Gasteiger partial charge in [0.15, 0.2) is 6.61 Å². The van der Waals surface area contributed by atoms with Crippen molar-refractivity contribution in [3.05, 3.63) is 34.4 Å². The van der Waals surface area contributed by atoms with E-state index in [1.807, 2.05) is 13.8 Å². The maximum Gasteiger partial charge on any atom is 0.269 e. The fraction of sp³-hybridized carbons (Fsp3) is 0.500. The predicted octanol–water partition coefficient (Wildman–Crippen LogP) is 1.20. The zero-order valence-electron chi connectivity index (χ0n) is 12.0. The average molecular weight is 294 g/mol. The summed E-state index contributed by atoms with van der Waals surface area (Å²) in [6, 6.07) is 5.54. The predicted molar refractivity (Wildman–Crippen MR) is 75.0 cm³/mol. The molecular formula is C14H18N2O5. The van der Waals surface area contributed by atoms with Crippen molar-refractivity contribution >= 4 is 11.6 Å². The van der Waals surface area contributed by atoms with Crippen LogP contribution in [0.1, 0.15) is 13.8 Å². The number of amides is 1. The number of aliphatic hydroxyl groups is 1. The van der Waals surface area contributed by atoms with E-state index in [9.17, 15) is 20.0 Å². The summed E-state index contributed by atoms with van der Waals surface area (Å²) in [5.74, 6) is 0.282. The van der Waals surface area contributed by atoms with Crippen LogP contribution in [0.4, 0.5) is 5.69 Å². The molecule has 1 fully saturated rings. The number of β-amino-alcohol motifs (C(OH)–C–C–N with tert-alkyl or cyclic N) is 1. The number of non-ortho nitro benzene ring substituents is 1. The van der Waals surface area contributed by atoms with E-state index in [0.29, 0.717) is 18.8 Å². The lowest BCUT2D eigenvalue weighted by Gasteiger charge is -2.48. The van der Waals surface area contributed by atoms with E-state index in [1.54, 1.807) is 0 Å². The molecule has 0 atom stereocenters. The van der Waals surface area contributed by atoms with Gasteiger partial charge >= 0.3 is 0 Å². The number of hydrogen-bond donors (Lipinski definition) is 1. The van der Waals surface area contributed by atoms with Gasteiger partial charge in [-0.15, -0.1) is 0 Å². The second-order valence-corrected chi connectivity index (χ2v) is 5.55. The minimum Gasteiger partial charge on any atom is -0.484 e. The lowest BCUT2D eigenvalue weighted by molar-refractivity contribution is -0.384. The van der Waals surface area contributed by atoms with E-state index >= 15 is 0 Å². The normalized spacial score (nSPS) is 16.5. The van der Waals surface area contributed by atoms with Crippen LogP contribution in [0.25, 0.3) is 0 Å². The first-order chi connectivity index (χ1) is 9.82. The summed E-state index contributed by atoms with van der Waals surface area (Å²) in [4.78, 5) is 23.4. The number of hydrogen-bond acceptors (Lipinski definition) is 5. The molecule has 0 saturated carbocycles. The largest absolute Gasteiger partial charge is 0.484 e. The molecule has 2 rings (SSSR count). The highest BCUT2D eigenvalue weighted by atomic mass is 16.6. The van der Waals surface area contributed by atoms with Crippen molar-refractivity contribution in [3.8, 4) is 5.75 Å². The van der Waals surface area contributed by atoms with Crippen molar-refractivity contribution in [2.24, 2.45) is 5.92 Å². The average Bonchev–Trinajstić information content (AvgIpc) is 2.41. The molecule has 0 aromatic heterocycles. The molecule has 1 N–H and O–H groups in total. The van der Waals surface area contributed by atoms with Gasteiger partial charge in [-0.1, -0.05) is 13.8 Å². The molecule has 1 aliphatic heterocycles. The molecule has 114 valence electrons. The number of likely N-dealkylation sites (tertiary alicyclic amines) is 1. The zero-order chi connectivity index (χ0) is 15.6. The monoisotopic (exact) mass is 294 g/mol. The van der Waals surface area contributed by atoms with Gasteiger partial charge < -0.3 is 14.7 Å². The summed E-state index contributed by atoms with van der Waals surface area (Å²) >= 11 is 0. The van der Waals surface area contributed by atoms with Crippen LogP contribution in [-0.2, 0) is 4.79 Å². The molecule has 21 heavy (non-hydrogen) atoms. The van der Waals surface area contributed by atoms with Crippen molar-refractivity contribution in [1.82, 2.24) is 4.90 Å². The maximum atomic E-state index is 11.9. The molecular weight excluding hydrogens is 276 g/mol. The Morgan fingerprint density at radius 3 is 2.48 bits per heavy atom. The van der Waals surface area contributed by atoms with Crippen LogP contribution >= 0.6 is 0 Å². The Morgan fingerprint density at radius 2 is 2.00 bits per heavy atom. The van der Waals surface area contributed by atoms with E-state index in [0.717, 1.165) is 0 Å². The Hall–Kier alpha value is -2.15. The quantitative estimate of drug-likeness (QED) is 0.650. The smallest absolute Gasteiger partial charge is 0.269 e. The van der Waals surface area contributed by atoms with E-state index in [-0.39, 0.29) is 24.1 Å². The number of benzene rings is 1. The number of nitrogens with zero attached hydrogens (tertiary/aromatic N) is 2. The molecule has 0 radical (unpaired) electrons. The fourth-order valence-corrected chi connectivity index (χ4v) is 2.06. The van der Waals surface area contributed by atoms with Crippen LogP contribution in [0, 0.1) is 16.0 Å². The summed E-state index contributed by atoms with van der Waals surface area (Å²) in [5.41, 5.74) is -0.832. The fourth-order valence-electron chi connectivity index (χ4n) is 2.06. The van der Waals surface area contributed by atoms with Crippen molar-refractivity contribution in [3.63, 3.8) is 0 Å². The van der Waals surface area contributed by atoms with Gasteiger partial charge in [-0.3, -0.25) is 14.9 Å². The number of carbonyl (C=O) groups excluding carboxylic acids is 1. The first-order valence-corrected chi connectivity index (χ1v) is 6.69. The Morgan fingerprint density at radius 1 is 1.43 bits per heavy atom. The zero-order valence-corrected chi connectivity index (χ0v) is 12.0. The first kappa shape index (κ1) is 15.2. The Kier molecular flexibility index (Phi) is 4.13. The molecule has 0 aliphatic carbocycles. The minimum atomic E-state index is -0.803. The molecule has 1 saturated heterocycles. The highest BCUT2D eigenvalue weighted by Crippen LogP contribution is 2.28. The van der Waals surface area contributed by atoms with Crippen LogP contribution < -0.4 is 4.74 Å². The highest BCUT2D eigenvalue weighted by molar-refractivity contribution is 5.79. The Bertz CT molecular complexity index is 535. The minimum absolute atomic E-state index is 0.0292. The molecule has 0 bridgehead atoms. The third kappa shape index (κ3) is 3.30. The Balaban J connectivity index is 1.81. The molecule has 0 unspecified atom stereocenters. The van der Waals surface area contributed by atoms with E-state index in [1.165, 1.54) is 29.2 Å². The highest BCUT2D eigenvalue weighted by Gasteiger charge is 2.45. The van der Waals surface area contributed by atoms with Gasteiger partial charge in [0.05, 0.1) is 18.0 Å². The van der Waals surface area contributed by atoms with Crippen LogP contribution in [-0.4, -0.2) is 46.1 Å². The molecule has 1 amide bonds. The molecule has 1 heterocycles. The molecule has 1 aliphatic rings. The van der Waals surface area contributed by atoms with E-state index in [2.05, 4.69) is 0 Å². The summed E-state index contributed by atoms with van der Waals surface area (Å²) in [6.07, 6.45) is 0. The standard InChI is InChI=1S/C14H18N2O5/c1-10(2)14(18)8-15(9-14)13(17)7-21-12-5-3-11(4-6-12)16(19)20/h3-6,10,18H,7-9H2,1-2H3. The number of carbonyl (C=O) groups is 1. The second-order valence-electron chi connectivity index (χ2n) is 5.55. The lowest BCUT2D eigenvalue weighted by atomic mass is 9.83. The maximum absolute atomic E-state index is 11.9. The molecule has 7 nitrogen and oxygen atoms in total. The van der Waals surface area contributed by atoms with E-state index < -0.39 is 10.5 Å². The van der Waals surface area contributed by atoms with Crippen molar-refractivity contribution in [2.75, 3.05) is 19.7 Å². The summed E-state index contributed by atoms with van der Waals surface area (Å²) in [7, 11) is 0. The third-order valence-electron chi connectivity index (χ3n) is 3.77. The van der Waals surface area contributed by atoms with Gasteiger partial charge in [-0.05, 0) is 18.1 Å². The number of rotatable bonds is 5. The van der Waals surface area contributed by atoms with Crippen molar-refractivity contribution in [2.45, 2.75) is 19.4 Å². The Labute approximate surface area is 122 Å². The molecule has 1 aromatic carbocycles. The molecule has 1 aromatic rings. The lowest BCUT2D eigenvalue weighted by Crippen LogP contribution is -2.66. The SMILES string of the molecule is CC(C)C1(O)CN(C(=O)COc2ccc([N+](=O)[O-])cc2)C1. The van der Waals surface area contributed by atoms with Crippen LogP contribution in [0.3, 0.4) is 0 Å². The number of nitro groups is 1. The topological polar surface area (TPSA) is 92.9 Å². The van der Waals surface area contributed by atoms with Crippen LogP contribution in [0.2, 0.25) is 0 Å². The third-order valence-corrected chi connectivity index (χ3v) is 3.77. The van der Waals surface area contributed by atoms with Gasteiger partial charge in [0, 0.05) is 12.1 Å². The van der Waals surface area contributed by atoms with Crippen molar-refractivity contribution < 1.29 is 19.6 Å². The van der Waals surface area contributed by atoms with Crippen molar-refractivity contribution in [1.29, 1.82) is 0 Å². The molecule has 0 spiro atoms. The van der Waals surface area contributed by atoms with Gasteiger partial charge in [0.25, 0.3) is 11.6 Å². The summed E-state index contributed by atoms with van der Waals surface area (Å²) < 4.78 is 5.29.